The van der Waals surface area contributed by atoms with Crippen molar-refractivity contribution in [2.45, 2.75) is 32.2 Å². The molecule has 1 heterocycles. The molecule has 0 spiro atoms. The van der Waals surface area contributed by atoms with E-state index in [0.717, 1.165) is 13.1 Å². The van der Waals surface area contributed by atoms with Crippen molar-refractivity contribution in [1.82, 2.24) is 10.2 Å². The van der Waals surface area contributed by atoms with Gasteiger partial charge in [-0.3, -0.25) is 0 Å². The summed E-state index contributed by atoms with van der Waals surface area (Å²) in [6.45, 7) is 7.72. The van der Waals surface area contributed by atoms with Crippen LogP contribution in [0.25, 0.3) is 0 Å². The predicted molar refractivity (Wildman–Crippen MR) is 56.8 cm³/mol. The number of piperidine rings is 1. The normalized spacial score (nSPS) is 21.7. The zero-order chi connectivity index (χ0) is 9.52. The van der Waals surface area contributed by atoms with Gasteiger partial charge in [-0.1, -0.05) is 6.42 Å². The van der Waals surface area contributed by atoms with Gasteiger partial charge >= 0.3 is 0 Å². The Labute approximate surface area is 81.7 Å². The fourth-order valence-corrected chi connectivity index (χ4v) is 1.74. The van der Waals surface area contributed by atoms with E-state index in [-0.39, 0.29) is 0 Å². The van der Waals surface area contributed by atoms with Gasteiger partial charge in [0.25, 0.3) is 0 Å². The number of rotatable bonds is 5. The maximum atomic E-state index is 5.52. The van der Waals surface area contributed by atoms with Gasteiger partial charge in [-0.2, -0.15) is 0 Å². The van der Waals surface area contributed by atoms with Gasteiger partial charge in [0.15, 0.2) is 0 Å². The molecule has 0 bridgehead atoms. The summed E-state index contributed by atoms with van der Waals surface area (Å²) in [6, 6.07) is 0.463. The molecule has 0 aliphatic carbocycles. The van der Waals surface area contributed by atoms with Crippen molar-refractivity contribution in [1.29, 1.82) is 0 Å². The molecule has 78 valence electrons. The molecule has 0 aromatic rings. The first-order valence-electron chi connectivity index (χ1n) is 5.48. The van der Waals surface area contributed by atoms with Crippen molar-refractivity contribution in [3.63, 3.8) is 0 Å². The van der Waals surface area contributed by atoms with E-state index in [4.69, 9.17) is 5.73 Å². The molecular formula is C10H23N3. The summed E-state index contributed by atoms with van der Waals surface area (Å²) in [7, 11) is 0. The van der Waals surface area contributed by atoms with E-state index in [1.54, 1.807) is 0 Å². The van der Waals surface area contributed by atoms with E-state index < -0.39 is 0 Å². The van der Waals surface area contributed by atoms with E-state index in [0.29, 0.717) is 6.04 Å². The Bertz CT molecular complexity index is 121. The molecule has 1 aliphatic rings. The molecule has 0 aromatic heterocycles. The first-order chi connectivity index (χ1) is 6.33. The SMILES string of the molecule is CC(CN)NCCN1CCCCC1. The van der Waals surface area contributed by atoms with Crippen LogP contribution in [0.15, 0.2) is 0 Å². The van der Waals surface area contributed by atoms with Gasteiger partial charge in [-0.05, 0) is 32.9 Å². The van der Waals surface area contributed by atoms with Gasteiger partial charge in [0.05, 0.1) is 0 Å². The van der Waals surface area contributed by atoms with Crippen LogP contribution in [0.1, 0.15) is 26.2 Å². The monoisotopic (exact) mass is 185 g/mol. The van der Waals surface area contributed by atoms with Crippen molar-refractivity contribution in [2.24, 2.45) is 5.73 Å². The maximum Gasteiger partial charge on any atom is 0.0162 e. The summed E-state index contributed by atoms with van der Waals surface area (Å²) in [4.78, 5) is 2.54. The molecule has 3 N–H and O–H groups in total. The molecule has 0 aromatic carbocycles. The minimum absolute atomic E-state index is 0.463. The second-order valence-electron chi connectivity index (χ2n) is 3.99. The lowest BCUT2D eigenvalue weighted by molar-refractivity contribution is 0.227. The molecule has 3 nitrogen and oxygen atoms in total. The molecule has 0 radical (unpaired) electrons. The van der Waals surface area contributed by atoms with E-state index in [1.807, 2.05) is 0 Å². The molecule has 0 amide bonds. The Kier molecular flexibility index (Phi) is 5.35. The third-order valence-corrected chi connectivity index (χ3v) is 2.72. The Morgan fingerprint density at radius 2 is 2.00 bits per heavy atom. The highest BCUT2D eigenvalue weighted by Gasteiger charge is 2.09. The van der Waals surface area contributed by atoms with Gasteiger partial charge in [0.1, 0.15) is 0 Å². The van der Waals surface area contributed by atoms with E-state index in [1.165, 1.54) is 38.9 Å². The second kappa shape index (κ2) is 6.35. The van der Waals surface area contributed by atoms with Gasteiger partial charge in [-0.25, -0.2) is 0 Å². The highest BCUT2D eigenvalue weighted by molar-refractivity contribution is 4.67. The van der Waals surface area contributed by atoms with Crippen LogP contribution in [-0.2, 0) is 0 Å². The number of nitrogens with one attached hydrogen (secondary N) is 1. The predicted octanol–water partition coefficient (Wildman–Crippen LogP) is 0.409. The highest BCUT2D eigenvalue weighted by atomic mass is 15.1. The van der Waals surface area contributed by atoms with Crippen LogP contribution in [0.2, 0.25) is 0 Å². The first-order valence-corrected chi connectivity index (χ1v) is 5.48. The van der Waals surface area contributed by atoms with E-state index in [9.17, 15) is 0 Å². The number of likely N-dealkylation sites (tertiary alicyclic amines) is 1. The third kappa shape index (κ3) is 4.60. The van der Waals surface area contributed by atoms with Crippen molar-refractivity contribution in [3.8, 4) is 0 Å². The quantitative estimate of drug-likeness (QED) is 0.652. The first kappa shape index (κ1) is 11.0. The lowest BCUT2D eigenvalue weighted by atomic mass is 10.1. The molecule has 1 aliphatic heterocycles. The average Bonchev–Trinajstić information content (AvgIpc) is 2.19. The smallest absolute Gasteiger partial charge is 0.0162 e. The average molecular weight is 185 g/mol. The van der Waals surface area contributed by atoms with Crippen molar-refractivity contribution < 1.29 is 0 Å². The number of nitrogens with two attached hydrogens (primary N) is 1. The van der Waals surface area contributed by atoms with Crippen LogP contribution < -0.4 is 11.1 Å². The lowest BCUT2D eigenvalue weighted by Crippen LogP contribution is -2.40. The highest BCUT2D eigenvalue weighted by Crippen LogP contribution is 2.07. The summed E-state index contributed by atoms with van der Waals surface area (Å²) in [5, 5.41) is 3.41. The summed E-state index contributed by atoms with van der Waals surface area (Å²) >= 11 is 0. The molecule has 13 heavy (non-hydrogen) atoms. The Morgan fingerprint density at radius 3 is 2.62 bits per heavy atom. The summed E-state index contributed by atoms with van der Waals surface area (Å²) in [5.74, 6) is 0. The van der Waals surface area contributed by atoms with Crippen LogP contribution in [0.4, 0.5) is 0 Å². The number of hydrogen-bond donors (Lipinski definition) is 2. The standard InChI is InChI=1S/C10H23N3/c1-10(9-11)12-5-8-13-6-3-2-4-7-13/h10,12H,2-9,11H2,1H3. The summed E-state index contributed by atoms with van der Waals surface area (Å²) in [5.41, 5.74) is 5.52. The van der Waals surface area contributed by atoms with Crippen LogP contribution in [-0.4, -0.2) is 43.7 Å². The van der Waals surface area contributed by atoms with Crippen LogP contribution >= 0.6 is 0 Å². The number of nitrogens with zero attached hydrogens (tertiary/aromatic N) is 1. The Morgan fingerprint density at radius 1 is 1.31 bits per heavy atom. The topological polar surface area (TPSA) is 41.3 Å². The molecule has 3 heteroatoms. The van der Waals surface area contributed by atoms with Crippen molar-refractivity contribution in [3.05, 3.63) is 0 Å². The zero-order valence-electron chi connectivity index (χ0n) is 8.76. The van der Waals surface area contributed by atoms with Gasteiger partial charge in [0.2, 0.25) is 0 Å². The summed E-state index contributed by atoms with van der Waals surface area (Å²) < 4.78 is 0. The lowest BCUT2D eigenvalue weighted by Gasteiger charge is -2.26. The molecule has 0 saturated carbocycles. The van der Waals surface area contributed by atoms with Crippen molar-refractivity contribution >= 4 is 0 Å². The molecule has 1 atom stereocenters. The molecule has 1 saturated heterocycles. The van der Waals surface area contributed by atoms with Gasteiger partial charge in [-0.15, -0.1) is 0 Å². The fourth-order valence-electron chi connectivity index (χ4n) is 1.74. The Balaban J connectivity index is 1.98. The maximum absolute atomic E-state index is 5.52. The zero-order valence-corrected chi connectivity index (χ0v) is 8.76. The summed E-state index contributed by atoms with van der Waals surface area (Å²) in [6.07, 6.45) is 4.18. The number of hydrogen-bond acceptors (Lipinski definition) is 3. The van der Waals surface area contributed by atoms with E-state index >= 15 is 0 Å². The van der Waals surface area contributed by atoms with E-state index in [2.05, 4.69) is 17.1 Å². The molecule has 1 rings (SSSR count). The van der Waals surface area contributed by atoms with Gasteiger partial charge in [0, 0.05) is 25.7 Å². The minimum atomic E-state index is 0.463. The fraction of sp³-hybridized carbons (Fsp3) is 1.00. The molecular weight excluding hydrogens is 162 g/mol. The van der Waals surface area contributed by atoms with Gasteiger partial charge < -0.3 is 16.0 Å². The largest absolute Gasteiger partial charge is 0.329 e. The Hall–Kier alpha value is -0.120. The van der Waals surface area contributed by atoms with Crippen molar-refractivity contribution in [2.75, 3.05) is 32.7 Å². The third-order valence-electron chi connectivity index (χ3n) is 2.72. The second-order valence-corrected chi connectivity index (χ2v) is 3.99. The molecule has 1 fully saturated rings. The van der Waals surface area contributed by atoms with Crippen LogP contribution in [0.5, 0.6) is 0 Å². The molecule has 1 unspecified atom stereocenters. The van der Waals surface area contributed by atoms with Crippen LogP contribution in [0.3, 0.4) is 0 Å². The van der Waals surface area contributed by atoms with Crippen LogP contribution in [0, 0.1) is 0 Å². The minimum Gasteiger partial charge on any atom is -0.329 e.